The van der Waals surface area contributed by atoms with Crippen molar-refractivity contribution in [2.24, 2.45) is 17.8 Å². The van der Waals surface area contributed by atoms with Crippen molar-refractivity contribution in [2.45, 2.75) is 38.1 Å². The smallest absolute Gasteiger partial charge is 0.147 e. The topological polar surface area (TPSA) is 46.2 Å². The first-order chi connectivity index (χ1) is 7.49. The number of rotatable bonds is 5. The summed E-state index contributed by atoms with van der Waals surface area (Å²) in [5.74, 6) is 2.85. The maximum Gasteiger partial charge on any atom is 0.147 e. The molecule has 2 fully saturated rings. The fourth-order valence-electron chi connectivity index (χ4n) is 3.70. The van der Waals surface area contributed by atoms with E-state index in [1.165, 1.54) is 31.9 Å². The SMILES string of the molecule is CNC(CCS(C)(=O)=O)C1CC2CCC1C2. The number of fused-ring (bicyclic) bond motifs is 2. The molecule has 94 valence electrons. The van der Waals surface area contributed by atoms with E-state index in [-0.39, 0.29) is 0 Å². The van der Waals surface area contributed by atoms with Gasteiger partial charge in [-0.15, -0.1) is 0 Å². The minimum absolute atomic E-state index is 0.326. The second-order valence-electron chi connectivity index (χ2n) is 5.65. The fraction of sp³-hybridized carbons (Fsp3) is 1.00. The number of hydrogen-bond donors (Lipinski definition) is 1. The van der Waals surface area contributed by atoms with Crippen LogP contribution in [0.3, 0.4) is 0 Å². The average Bonchev–Trinajstić information content (AvgIpc) is 2.78. The predicted molar refractivity (Wildman–Crippen MR) is 66.1 cm³/mol. The van der Waals surface area contributed by atoms with Crippen LogP contribution in [0.4, 0.5) is 0 Å². The van der Waals surface area contributed by atoms with Gasteiger partial charge in [0.15, 0.2) is 0 Å². The van der Waals surface area contributed by atoms with Crippen molar-refractivity contribution < 1.29 is 8.42 Å². The van der Waals surface area contributed by atoms with Gasteiger partial charge in [0.2, 0.25) is 0 Å². The second-order valence-corrected chi connectivity index (χ2v) is 7.91. The maximum absolute atomic E-state index is 11.2. The molecule has 0 saturated heterocycles. The van der Waals surface area contributed by atoms with Crippen LogP contribution < -0.4 is 5.32 Å². The van der Waals surface area contributed by atoms with Crippen molar-refractivity contribution in [3.63, 3.8) is 0 Å². The first kappa shape index (κ1) is 12.4. The first-order valence-electron chi connectivity index (χ1n) is 6.34. The minimum atomic E-state index is -2.81. The molecule has 0 amide bonds. The average molecular weight is 245 g/mol. The van der Waals surface area contributed by atoms with E-state index in [9.17, 15) is 8.42 Å². The van der Waals surface area contributed by atoms with Gasteiger partial charge in [0.1, 0.15) is 9.84 Å². The van der Waals surface area contributed by atoms with Crippen molar-refractivity contribution in [3.05, 3.63) is 0 Å². The van der Waals surface area contributed by atoms with Crippen molar-refractivity contribution >= 4 is 9.84 Å². The van der Waals surface area contributed by atoms with E-state index in [4.69, 9.17) is 0 Å². The summed E-state index contributed by atoms with van der Waals surface area (Å²) in [6.07, 6.45) is 7.60. The van der Waals surface area contributed by atoms with Gasteiger partial charge in [-0.3, -0.25) is 0 Å². The molecule has 2 bridgehead atoms. The van der Waals surface area contributed by atoms with E-state index in [1.807, 2.05) is 7.05 Å². The zero-order valence-electron chi connectivity index (χ0n) is 10.3. The molecular weight excluding hydrogens is 222 g/mol. The van der Waals surface area contributed by atoms with E-state index in [0.29, 0.717) is 11.8 Å². The van der Waals surface area contributed by atoms with Gasteiger partial charge in [-0.2, -0.15) is 0 Å². The summed E-state index contributed by atoms with van der Waals surface area (Å²) in [5.41, 5.74) is 0. The molecule has 0 aromatic rings. The van der Waals surface area contributed by atoms with Crippen LogP contribution in [-0.4, -0.2) is 33.5 Å². The Labute approximate surface area is 98.9 Å². The molecule has 2 saturated carbocycles. The summed E-state index contributed by atoms with van der Waals surface area (Å²) in [6.45, 7) is 0. The second kappa shape index (κ2) is 4.65. The molecule has 0 aromatic heterocycles. The lowest BCUT2D eigenvalue weighted by Crippen LogP contribution is -2.37. The molecule has 0 heterocycles. The van der Waals surface area contributed by atoms with Crippen LogP contribution in [-0.2, 0) is 9.84 Å². The quantitative estimate of drug-likeness (QED) is 0.797. The molecule has 4 unspecified atom stereocenters. The van der Waals surface area contributed by atoms with Gasteiger partial charge < -0.3 is 5.32 Å². The molecule has 0 radical (unpaired) electrons. The van der Waals surface area contributed by atoms with Gasteiger partial charge in [0.05, 0.1) is 5.75 Å². The number of sulfone groups is 1. The van der Waals surface area contributed by atoms with Crippen molar-refractivity contribution in [3.8, 4) is 0 Å². The number of hydrogen-bond acceptors (Lipinski definition) is 3. The fourth-order valence-corrected chi connectivity index (χ4v) is 4.38. The molecule has 0 aliphatic heterocycles. The molecule has 2 aliphatic rings. The Bertz CT molecular complexity index is 339. The summed E-state index contributed by atoms with van der Waals surface area (Å²) in [6, 6.07) is 0.407. The van der Waals surface area contributed by atoms with E-state index in [0.717, 1.165) is 24.2 Å². The molecular formula is C12H23NO2S. The Kier molecular flexibility index (Phi) is 3.59. The van der Waals surface area contributed by atoms with E-state index in [1.54, 1.807) is 0 Å². The number of nitrogens with one attached hydrogen (secondary N) is 1. The summed E-state index contributed by atoms with van der Waals surface area (Å²) < 4.78 is 22.4. The van der Waals surface area contributed by atoms with Crippen LogP contribution >= 0.6 is 0 Å². The zero-order chi connectivity index (χ0) is 11.8. The third-order valence-corrected chi connectivity index (χ3v) is 5.46. The Balaban J connectivity index is 1.90. The lowest BCUT2D eigenvalue weighted by Gasteiger charge is -2.30. The molecule has 2 rings (SSSR count). The van der Waals surface area contributed by atoms with Gasteiger partial charge in [0, 0.05) is 12.3 Å². The Hall–Kier alpha value is -0.0900. The van der Waals surface area contributed by atoms with Crippen molar-refractivity contribution in [2.75, 3.05) is 19.1 Å². The van der Waals surface area contributed by atoms with E-state index >= 15 is 0 Å². The highest BCUT2D eigenvalue weighted by Crippen LogP contribution is 2.49. The Morgan fingerprint density at radius 1 is 1.31 bits per heavy atom. The highest BCUT2D eigenvalue weighted by Gasteiger charge is 2.42. The van der Waals surface area contributed by atoms with Gasteiger partial charge >= 0.3 is 0 Å². The highest BCUT2D eigenvalue weighted by molar-refractivity contribution is 7.90. The van der Waals surface area contributed by atoms with E-state index < -0.39 is 9.84 Å². The minimum Gasteiger partial charge on any atom is -0.317 e. The molecule has 16 heavy (non-hydrogen) atoms. The van der Waals surface area contributed by atoms with Crippen LogP contribution in [0.25, 0.3) is 0 Å². The third-order valence-electron chi connectivity index (χ3n) is 4.48. The lowest BCUT2D eigenvalue weighted by molar-refractivity contribution is 0.252. The molecule has 1 N–H and O–H groups in total. The largest absolute Gasteiger partial charge is 0.317 e. The van der Waals surface area contributed by atoms with Crippen LogP contribution in [0, 0.1) is 17.8 Å². The highest BCUT2D eigenvalue weighted by atomic mass is 32.2. The third kappa shape index (κ3) is 2.77. The molecule has 2 aliphatic carbocycles. The van der Waals surface area contributed by atoms with E-state index in [2.05, 4.69) is 5.32 Å². The summed E-state index contributed by atoms with van der Waals surface area (Å²) >= 11 is 0. The van der Waals surface area contributed by atoms with Crippen LogP contribution in [0.2, 0.25) is 0 Å². The van der Waals surface area contributed by atoms with Crippen LogP contribution in [0.5, 0.6) is 0 Å². The van der Waals surface area contributed by atoms with Crippen molar-refractivity contribution in [1.82, 2.24) is 5.32 Å². The molecule has 0 spiro atoms. The summed E-state index contributed by atoms with van der Waals surface area (Å²) in [5, 5.41) is 3.34. The van der Waals surface area contributed by atoms with Gasteiger partial charge in [-0.25, -0.2) is 8.42 Å². The predicted octanol–water partition coefficient (Wildman–Crippen LogP) is 1.45. The molecule has 3 nitrogen and oxygen atoms in total. The summed E-state index contributed by atoms with van der Waals surface area (Å²) in [4.78, 5) is 0. The van der Waals surface area contributed by atoms with Gasteiger partial charge in [0.25, 0.3) is 0 Å². The maximum atomic E-state index is 11.2. The molecule has 0 aromatic carbocycles. The monoisotopic (exact) mass is 245 g/mol. The zero-order valence-corrected chi connectivity index (χ0v) is 11.1. The van der Waals surface area contributed by atoms with Crippen LogP contribution in [0.1, 0.15) is 32.1 Å². The summed E-state index contributed by atoms with van der Waals surface area (Å²) in [7, 11) is -0.841. The lowest BCUT2D eigenvalue weighted by atomic mass is 9.82. The van der Waals surface area contributed by atoms with Gasteiger partial charge in [-0.05, 0) is 50.5 Å². The normalized spacial score (nSPS) is 35.5. The van der Waals surface area contributed by atoms with Crippen LogP contribution in [0.15, 0.2) is 0 Å². The van der Waals surface area contributed by atoms with Gasteiger partial charge in [-0.1, -0.05) is 6.42 Å². The Morgan fingerprint density at radius 3 is 2.50 bits per heavy atom. The molecule has 4 heteroatoms. The standard InChI is InChI=1S/C12H23NO2S/c1-13-12(5-6-16(2,14)15)11-8-9-3-4-10(11)7-9/h9-13H,3-8H2,1-2H3. The Morgan fingerprint density at radius 2 is 2.06 bits per heavy atom. The first-order valence-corrected chi connectivity index (χ1v) is 8.40. The molecule has 4 atom stereocenters. The van der Waals surface area contributed by atoms with Crippen molar-refractivity contribution in [1.29, 1.82) is 0 Å².